The number of nitrogens with one attached hydrogen (secondary N) is 1. The van der Waals surface area contributed by atoms with Crippen LogP contribution in [0, 0.1) is 6.92 Å². The van der Waals surface area contributed by atoms with Gasteiger partial charge in [-0.25, -0.2) is 0 Å². The van der Waals surface area contributed by atoms with Gasteiger partial charge < -0.3 is 0 Å². The van der Waals surface area contributed by atoms with Crippen LogP contribution < -0.4 is 11.3 Å². The molecule has 0 fully saturated rings. The van der Waals surface area contributed by atoms with Crippen LogP contribution in [0.3, 0.4) is 0 Å². The molecule has 1 atom stereocenters. The van der Waals surface area contributed by atoms with E-state index in [2.05, 4.69) is 30.3 Å². The Balaban J connectivity index is 2.32. The van der Waals surface area contributed by atoms with Gasteiger partial charge in [0.25, 0.3) is 0 Å². The Morgan fingerprint density at radius 2 is 1.94 bits per heavy atom. The Kier molecular flexibility index (Phi) is 7.62. The van der Waals surface area contributed by atoms with E-state index >= 15 is 0 Å². The van der Waals surface area contributed by atoms with Crippen molar-refractivity contribution in [2.45, 2.75) is 64.8 Å². The topological polar surface area (TPSA) is 50.9 Å². The number of hydrogen-bond acceptors (Lipinski definition) is 3. The Hall–Kier alpha value is -0.930. The Labute approximate surface area is 111 Å². The van der Waals surface area contributed by atoms with Crippen LogP contribution >= 0.6 is 0 Å². The zero-order chi connectivity index (χ0) is 13.2. The molecule has 0 aliphatic carbocycles. The summed E-state index contributed by atoms with van der Waals surface area (Å²) >= 11 is 0. The van der Waals surface area contributed by atoms with Crippen molar-refractivity contribution in [1.82, 2.24) is 10.4 Å². The highest BCUT2D eigenvalue weighted by Crippen LogP contribution is 2.21. The number of aryl methyl sites for hydroxylation is 1. The summed E-state index contributed by atoms with van der Waals surface area (Å²) in [5.41, 5.74) is 5.43. The average Bonchev–Trinajstić information content (AvgIpc) is 2.39. The molecule has 1 aromatic rings. The minimum atomic E-state index is 0.263. The third-order valence-corrected chi connectivity index (χ3v) is 3.49. The molecule has 0 saturated heterocycles. The summed E-state index contributed by atoms with van der Waals surface area (Å²) in [5.74, 6) is 5.67. The number of hydrazine groups is 1. The van der Waals surface area contributed by atoms with Crippen LogP contribution in [0.1, 0.15) is 69.0 Å². The maximum Gasteiger partial charge on any atom is 0.0463 e. The first-order chi connectivity index (χ1) is 8.79. The van der Waals surface area contributed by atoms with E-state index in [1.807, 2.05) is 12.4 Å². The predicted molar refractivity (Wildman–Crippen MR) is 77.0 cm³/mol. The molecular formula is C15H27N3. The summed E-state index contributed by atoms with van der Waals surface area (Å²) < 4.78 is 0. The van der Waals surface area contributed by atoms with E-state index in [0.717, 1.165) is 6.42 Å². The molecule has 0 amide bonds. The normalized spacial score (nSPS) is 12.6. The molecule has 0 aliphatic heterocycles. The maximum absolute atomic E-state index is 5.67. The summed E-state index contributed by atoms with van der Waals surface area (Å²) in [4.78, 5) is 4.12. The van der Waals surface area contributed by atoms with E-state index in [1.165, 1.54) is 49.7 Å². The third-order valence-electron chi connectivity index (χ3n) is 3.49. The molecule has 0 aliphatic rings. The highest BCUT2D eigenvalue weighted by Gasteiger charge is 2.11. The minimum absolute atomic E-state index is 0.263. The molecule has 0 aromatic carbocycles. The van der Waals surface area contributed by atoms with Crippen molar-refractivity contribution < 1.29 is 0 Å². The van der Waals surface area contributed by atoms with Crippen LogP contribution in [0.2, 0.25) is 0 Å². The van der Waals surface area contributed by atoms with Crippen molar-refractivity contribution in [3.63, 3.8) is 0 Å². The summed E-state index contributed by atoms with van der Waals surface area (Å²) in [5, 5.41) is 0. The first kappa shape index (κ1) is 15.1. The van der Waals surface area contributed by atoms with Gasteiger partial charge in [-0.05, 0) is 30.5 Å². The number of nitrogens with two attached hydrogens (primary N) is 1. The van der Waals surface area contributed by atoms with E-state index in [0.29, 0.717) is 0 Å². The molecule has 102 valence electrons. The minimum Gasteiger partial charge on any atom is -0.271 e. The number of hydrogen-bond donors (Lipinski definition) is 2. The zero-order valence-corrected chi connectivity index (χ0v) is 11.8. The van der Waals surface area contributed by atoms with Gasteiger partial charge in [0, 0.05) is 18.4 Å². The van der Waals surface area contributed by atoms with Crippen molar-refractivity contribution in [2.24, 2.45) is 5.84 Å². The highest BCUT2D eigenvalue weighted by atomic mass is 15.2. The quantitative estimate of drug-likeness (QED) is 0.399. The first-order valence-electron chi connectivity index (χ1n) is 7.16. The fraction of sp³-hybridized carbons (Fsp3) is 0.667. The maximum atomic E-state index is 5.67. The molecule has 1 aromatic heterocycles. The van der Waals surface area contributed by atoms with Gasteiger partial charge in [0.2, 0.25) is 0 Å². The summed E-state index contributed by atoms with van der Waals surface area (Å²) in [6.45, 7) is 4.34. The van der Waals surface area contributed by atoms with Gasteiger partial charge in [-0.1, -0.05) is 45.4 Å². The van der Waals surface area contributed by atoms with Gasteiger partial charge in [0.05, 0.1) is 0 Å². The molecule has 1 unspecified atom stereocenters. The molecule has 0 radical (unpaired) electrons. The Morgan fingerprint density at radius 1 is 1.22 bits per heavy atom. The van der Waals surface area contributed by atoms with Crippen LogP contribution in [0.15, 0.2) is 18.5 Å². The van der Waals surface area contributed by atoms with Gasteiger partial charge in [-0.15, -0.1) is 0 Å². The number of unbranched alkanes of at least 4 members (excludes halogenated alkanes) is 5. The average molecular weight is 249 g/mol. The second kappa shape index (κ2) is 9.06. The zero-order valence-electron chi connectivity index (χ0n) is 11.8. The molecule has 18 heavy (non-hydrogen) atoms. The van der Waals surface area contributed by atoms with Crippen molar-refractivity contribution >= 4 is 0 Å². The van der Waals surface area contributed by atoms with E-state index < -0.39 is 0 Å². The summed E-state index contributed by atoms with van der Waals surface area (Å²) in [7, 11) is 0. The van der Waals surface area contributed by atoms with Crippen molar-refractivity contribution in [3.8, 4) is 0 Å². The second-order valence-corrected chi connectivity index (χ2v) is 5.01. The number of pyridine rings is 1. The lowest BCUT2D eigenvalue weighted by Crippen LogP contribution is -2.28. The monoisotopic (exact) mass is 249 g/mol. The highest BCUT2D eigenvalue weighted by molar-refractivity contribution is 5.25. The van der Waals surface area contributed by atoms with Crippen molar-refractivity contribution in [1.29, 1.82) is 0 Å². The molecule has 3 heteroatoms. The lowest BCUT2D eigenvalue weighted by Gasteiger charge is -2.18. The van der Waals surface area contributed by atoms with E-state index in [4.69, 9.17) is 5.84 Å². The fourth-order valence-electron chi connectivity index (χ4n) is 2.33. The van der Waals surface area contributed by atoms with Gasteiger partial charge in [-0.2, -0.15) is 0 Å². The van der Waals surface area contributed by atoms with Crippen molar-refractivity contribution in [2.75, 3.05) is 0 Å². The molecule has 1 heterocycles. The molecule has 3 nitrogen and oxygen atoms in total. The number of aromatic nitrogens is 1. The molecule has 0 bridgehead atoms. The van der Waals surface area contributed by atoms with Crippen LogP contribution in [0.5, 0.6) is 0 Å². The van der Waals surface area contributed by atoms with E-state index in [9.17, 15) is 0 Å². The Bertz CT molecular complexity index is 325. The van der Waals surface area contributed by atoms with Gasteiger partial charge in [0.15, 0.2) is 0 Å². The fourth-order valence-corrected chi connectivity index (χ4v) is 2.33. The lowest BCUT2D eigenvalue weighted by atomic mass is 9.98. The molecular weight excluding hydrogens is 222 g/mol. The lowest BCUT2D eigenvalue weighted by molar-refractivity contribution is 0.475. The van der Waals surface area contributed by atoms with Gasteiger partial charge in [0.1, 0.15) is 0 Å². The van der Waals surface area contributed by atoms with Gasteiger partial charge in [-0.3, -0.25) is 16.3 Å². The molecule has 3 N–H and O–H groups in total. The van der Waals surface area contributed by atoms with Crippen LogP contribution in [0.25, 0.3) is 0 Å². The molecule has 1 rings (SSSR count). The van der Waals surface area contributed by atoms with Crippen LogP contribution in [-0.2, 0) is 0 Å². The SMILES string of the molecule is CCCCCCCCC(NN)c1ccncc1C. The first-order valence-corrected chi connectivity index (χ1v) is 7.16. The van der Waals surface area contributed by atoms with Crippen molar-refractivity contribution in [3.05, 3.63) is 29.6 Å². The number of nitrogens with zero attached hydrogens (tertiary/aromatic N) is 1. The molecule has 0 spiro atoms. The predicted octanol–water partition coefficient (Wildman–Crippen LogP) is 3.65. The van der Waals surface area contributed by atoms with E-state index in [1.54, 1.807) is 0 Å². The van der Waals surface area contributed by atoms with E-state index in [-0.39, 0.29) is 6.04 Å². The van der Waals surface area contributed by atoms with Crippen LogP contribution in [0.4, 0.5) is 0 Å². The Morgan fingerprint density at radius 3 is 2.61 bits per heavy atom. The number of rotatable bonds is 9. The summed E-state index contributed by atoms with van der Waals surface area (Å²) in [6, 6.07) is 2.33. The summed E-state index contributed by atoms with van der Waals surface area (Å²) in [6.07, 6.45) is 12.8. The third kappa shape index (κ3) is 5.15. The standard InChI is InChI=1S/C15H27N3/c1-3-4-5-6-7-8-9-15(18-16)14-10-11-17-12-13(14)2/h10-12,15,18H,3-9,16H2,1-2H3. The smallest absolute Gasteiger partial charge is 0.0463 e. The van der Waals surface area contributed by atoms with Gasteiger partial charge >= 0.3 is 0 Å². The van der Waals surface area contributed by atoms with Crippen LogP contribution in [-0.4, -0.2) is 4.98 Å². The molecule has 0 saturated carbocycles. The second-order valence-electron chi connectivity index (χ2n) is 5.01. The largest absolute Gasteiger partial charge is 0.271 e.